The largest absolute Gasteiger partial charge is 0.437 e. The third-order valence-corrected chi connectivity index (χ3v) is 6.34. The van der Waals surface area contributed by atoms with Gasteiger partial charge in [0.15, 0.2) is 0 Å². The van der Waals surface area contributed by atoms with Crippen LogP contribution in [0.5, 0.6) is 11.6 Å². The van der Waals surface area contributed by atoms with E-state index in [4.69, 9.17) is 30.9 Å². The van der Waals surface area contributed by atoms with E-state index in [0.717, 1.165) is 36.3 Å². The normalized spacial score (nSPS) is 16.7. The van der Waals surface area contributed by atoms with E-state index in [1.165, 1.54) is 0 Å². The van der Waals surface area contributed by atoms with Gasteiger partial charge in [-0.2, -0.15) is 5.10 Å². The summed E-state index contributed by atoms with van der Waals surface area (Å²) in [6, 6.07) is 17.5. The van der Waals surface area contributed by atoms with E-state index in [1.807, 2.05) is 62.5 Å². The lowest BCUT2D eigenvalue weighted by Gasteiger charge is -2.27. The molecule has 1 saturated heterocycles. The van der Waals surface area contributed by atoms with Crippen molar-refractivity contribution < 1.29 is 19.3 Å². The number of ether oxygens (including phenoxy) is 3. The van der Waals surface area contributed by atoms with Crippen molar-refractivity contribution in [2.45, 2.75) is 38.5 Å². The fraction of sp³-hybridized carbons (Fsp3) is 0.444. The molecule has 0 spiro atoms. The Hall–Kier alpha value is -2.42. The average molecular weight is 500 g/mol. The first kappa shape index (κ1) is 25.7. The van der Waals surface area contributed by atoms with Crippen molar-refractivity contribution >= 4 is 11.6 Å². The lowest BCUT2D eigenvalue weighted by Crippen LogP contribution is -2.39. The smallest absolute Gasteiger partial charge is 0.222 e. The van der Waals surface area contributed by atoms with Crippen molar-refractivity contribution in [3.8, 4) is 22.9 Å². The number of aromatic nitrogens is 2. The fourth-order valence-corrected chi connectivity index (χ4v) is 4.56. The van der Waals surface area contributed by atoms with E-state index < -0.39 is 6.10 Å². The predicted molar refractivity (Wildman–Crippen MR) is 137 cm³/mol. The number of benzene rings is 2. The zero-order chi connectivity index (χ0) is 24.6. The van der Waals surface area contributed by atoms with E-state index >= 15 is 0 Å². The molecule has 35 heavy (non-hydrogen) atoms. The van der Waals surface area contributed by atoms with E-state index in [1.54, 1.807) is 10.7 Å². The molecule has 2 heterocycles. The molecule has 3 aromatic rings. The molecule has 0 saturated carbocycles. The first-order chi connectivity index (χ1) is 17.0. The SMILES string of the molecule is CCOC[C@@H](O)CN(Cc1c(-c2ccccc2)nn(C)c1Oc1ccccc1Cl)C[C@H]1CCCO1. The number of para-hydroxylation sites is 1. The number of rotatable bonds is 12. The minimum atomic E-state index is -0.610. The van der Waals surface area contributed by atoms with Gasteiger partial charge in [-0.25, -0.2) is 4.68 Å². The summed E-state index contributed by atoms with van der Waals surface area (Å²) in [6.07, 6.45) is 1.60. The summed E-state index contributed by atoms with van der Waals surface area (Å²) < 4.78 is 19.5. The Morgan fingerprint density at radius 1 is 1.20 bits per heavy atom. The molecule has 2 aromatic carbocycles. The number of aryl methyl sites for hydroxylation is 1. The summed E-state index contributed by atoms with van der Waals surface area (Å²) in [7, 11) is 1.87. The van der Waals surface area contributed by atoms with Crippen molar-refractivity contribution in [3.63, 3.8) is 0 Å². The van der Waals surface area contributed by atoms with Gasteiger partial charge in [0.2, 0.25) is 5.88 Å². The number of aliphatic hydroxyl groups excluding tert-OH is 1. The molecule has 0 aliphatic carbocycles. The molecule has 2 atom stereocenters. The maximum atomic E-state index is 10.7. The molecule has 1 aliphatic heterocycles. The highest BCUT2D eigenvalue weighted by Crippen LogP contribution is 2.36. The number of hydrogen-bond donors (Lipinski definition) is 1. The zero-order valence-electron chi connectivity index (χ0n) is 20.4. The summed E-state index contributed by atoms with van der Waals surface area (Å²) in [5.74, 6) is 1.19. The van der Waals surface area contributed by atoms with Gasteiger partial charge in [0.25, 0.3) is 0 Å². The molecular weight excluding hydrogens is 466 g/mol. The van der Waals surface area contributed by atoms with Gasteiger partial charge in [-0.3, -0.25) is 4.90 Å². The molecule has 4 rings (SSSR count). The maximum Gasteiger partial charge on any atom is 0.222 e. The quantitative estimate of drug-likeness (QED) is 0.382. The molecule has 0 amide bonds. The lowest BCUT2D eigenvalue weighted by molar-refractivity contribution is 0.00505. The second-order valence-electron chi connectivity index (χ2n) is 8.80. The van der Waals surface area contributed by atoms with Crippen LogP contribution in [-0.4, -0.2) is 64.9 Å². The molecular formula is C27H34ClN3O4. The van der Waals surface area contributed by atoms with Crippen LogP contribution in [0.1, 0.15) is 25.3 Å². The second kappa shape index (κ2) is 12.5. The van der Waals surface area contributed by atoms with Crippen LogP contribution in [0.25, 0.3) is 11.3 Å². The van der Waals surface area contributed by atoms with Crippen LogP contribution in [0.3, 0.4) is 0 Å². The van der Waals surface area contributed by atoms with Gasteiger partial charge in [0.1, 0.15) is 11.4 Å². The molecule has 0 bridgehead atoms. The monoisotopic (exact) mass is 499 g/mol. The number of aliphatic hydroxyl groups is 1. The third-order valence-electron chi connectivity index (χ3n) is 6.03. The van der Waals surface area contributed by atoms with E-state index in [0.29, 0.717) is 49.5 Å². The molecule has 1 N–H and O–H groups in total. The highest BCUT2D eigenvalue weighted by atomic mass is 35.5. The van der Waals surface area contributed by atoms with E-state index in [-0.39, 0.29) is 6.10 Å². The highest BCUT2D eigenvalue weighted by molar-refractivity contribution is 6.32. The van der Waals surface area contributed by atoms with E-state index in [9.17, 15) is 5.11 Å². The van der Waals surface area contributed by atoms with Gasteiger partial charge in [-0.05, 0) is 31.9 Å². The Morgan fingerprint density at radius 2 is 1.97 bits per heavy atom. The summed E-state index contributed by atoms with van der Waals surface area (Å²) >= 11 is 6.41. The molecule has 1 aromatic heterocycles. The fourth-order valence-electron chi connectivity index (χ4n) is 4.39. The number of hydrogen-bond acceptors (Lipinski definition) is 6. The average Bonchev–Trinajstić information content (AvgIpc) is 3.48. The standard InChI is InChI=1S/C27H34ClN3O4/c1-3-33-19-21(32)16-31(17-22-12-9-15-34-22)18-23-26(20-10-5-4-6-11-20)29-30(2)27(23)35-25-14-8-7-13-24(25)28/h4-8,10-11,13-14,21-22,32H,3,9,12,15-19H2,1-2H3/t21-,22+/m0/s1. The summed E-state index contributed by atoms with van der Waals surface area (Å²) in [6.45, 7) is 5.26. The van der Waals surface area contributed by atoms with Gasteiger partial charge >= 0.3 is 0 Å². The first-order valence-corrected chi connectivity index (χ1v) is 12.6. The zero-order valence-corrected chi connectivity index (χ0v) is 21.2. The number of nitrogens with zero attached hydrogens (tertiary/aromatic N) is 3. The maximum absolute atomic E-state index is 10.7. The summed E-state index contributed by atoms with van der Waals surface area (Å²) in [4.78, 5) is 2.21. The highest BCUT2D eigenvalue weighted by Gasteiger charge is 2.26. The molecule has 188 valence electrons. The Labute approximate surface area is 212 Å². The topological polar surface area (TPSA) is 69.0 Å². The van der Waals surface area contributed by atoms with Crippen LogP contribution in [0.4, 0.5) is 0 Å². The van der Waals surface area contributed by atoms with Crippen molar-refractivity contribution in [1.82, 2.24) is 14.7 Å². The molecule has 1 aliphatic rings. The predicted octanol–water partition coefficient (Wildman–Crippen LogP) is 4.91. The van der Waals surface area contributed by atoms with Gasteiger partial charge < -0.3 is 19.3 Å². The van der Waals surface area contributed by atoms with Gasteiger partial charge in [0, 0.05) is 45.5 Å². The van der Waals surface area contributed by atoms with Crippen LogP contribution < -0.4 is 4.74 Å². The molecule has 1 fully saturated rings. The van der Waals surface area contributed by atoms with Crippen LogP contribution in [0.2, 0.25) is 5.02 Å². The van der Waals surface area contributed by atoms with Crippen LogP contribution in [0, 0.1) is 0 Å². The third kappa shape index (κ3) is 6.84. The lowest BCUT2D eigenvalue weighted by atomic mass is 10.1. The Morgan fingerprint density at radius 3 is 2.69 bits per heavy atom. The van der Waals surface area contributed by atoms with E-state index in [2.05, 4.69) is 4.90 Å². The molecule has 8 heteroatoms. The van der Waals surface area contributed by atoms with Crippen LogP contribution >= 0.6 is 11.6 Å². The second-order valence-corrected chi connectivity index (χ2v) is 9.20. The summed E-state index contributed by atoms with van der Waals surface area (Å²) in [5, 5.41) is 16.0. The Kier molecular flexibility index (Phi) is 9.18. The minimum Gasteiger partial charge on any atom is -0.437 e. The summed E-state index contributed by atoms with van der Waals surface area (Å²) in [5.41, 5.74) is 2.77. The number of halogens is 1. The first-order valence-electron chi connectivity index (χ1n) is 12.2. The van der Waals surface area contributed by atoms with Crippen molar-refractivity contribution in [1.29, 1.82) is 0 Å². The Balaban J connectivity index is 1.68. The van der Waals surface area contributed by atoms with Crippen LogP contribution in [0.15, 0.2) is 54.6 Å². The van der Waals surface area contributed by atoms with Gasteiger partial charge in [-0.1, -0.05) is 54.1 Å². The van der Waals surface area contributed by atoms with Gasteiger partial charge in [0.05, 0.1) is 29.4 Å². The molecule has 0 unspecified atom stereocenters. The molecule has 7 nitrogen and oxygen atoms in total. The minimum absolute atomic E-state index is 0.138. The Bertz CT molecular complexity index is 1070. The van der Waals surface area contributed by atoms with Crippen LogP contribution in [-0.2, 0) is 23.1 Å². The van der Waals surface area contributed by atoms with Crippen molar-refractivity contribution in [2.75, 3.05) is 32.9 Å². The van der Waals surface area contributed by atoms with Gasteiger partial charge in [-0.15, -0.1) is 0 Å². The molecule has 0 radical (unpaired) electrons. The van der Waals surface area contributed by atoms with Crippen molar-refractivity contribution in [3.05, 3.63) is 65.2 Å². The van der Waals surface area contributed by atoms with Crippen molar-refractivity contribution in [2.24, 2.45) is 7.05 Å².